The average Bonchev–Trinajstić information content (AvgIpc) is 2.58. The molecule has 2 aromatic rings. The minimum Gasteiger partial charge on any atom is -0.360 e. The quantitative estimate of drug-likeness (QED) is 0.820. The third-order valence-electron chi connectivity index (χ3n) is 2.28. The molecule has 1 aromatic carbocycles. The number of Topliss-reactive ketones (excluding diaryl/α,β-unsaturated/α-hetero) is 1. The van der Waals surface area contributed by atoms with Crippen molar-refractivity contribution in [2.75, 3.05) is 12.0 Å². The van der Waals surface area contributed by atoms with Gasteiger partial charge in [0.2, 0.25) is 0 Å². The van der Waals surface area contributed by atoms with Gasteiger partial charge in [0, 0.05) is 28.9 Å². The van der Waals surface area contributed by atoms with Gasteiger partial charge in [-0.2, -0.15) is 0 Å². The maximum Gasteiger partial charge on any atom is 0.179 e. The van der Waals surface area contributed by atoms with E-state index in [1.807, 2.05) is 18.2 Å². The van der Waals surface area contributed by atoms with Gasteiger partial charge in [0.25, 0.3) is 0 Å². The Balaban J connectivity index is 2.45. The summed E-state index contributed by atoms with van der Waals surface area (Å²) in [6.07, 6.45) is 2.61. The summed E-state index contributed by atoms with van der Waals surface area (Å²) in [5, 5.41) is 0.760. The van der Waals surface area contributed by atoms with Crippen molar-refractivity contribution < 1.29 is 13.2 Å². The van der Waals surface area contributed by atoms with Gasteiger partial charge in [0.1, 0.15) is 5.75 Å². The molecule has 0 unspecified atom stereocenters. The van der Waals surface area contributed by atoms with Crippen LogP contribution in [0.5, 0.6) is 0 Å². The summed E-state index contributed by atoms with van der Waals surface area (Å²) in [5.41, 5.74) is 1.26. The van der Waals surface area contributed by atoms with Gasteiger partial charge in [-0.25, -0.2) is 8.42 Å². The Morgan fingerprint density at radius 1 is 1.31 bits per heavy atom. The number of carbonyl (C=O) groups is 1. The first-order chi connectivity index (χ1) is 7.47. The van der Waals surface area contributed by atoms with Gasteiger partial charge in [-0.3, -0.25) is 4.79 Å². The van der Waals surface area contributed by atoms with Crippen molar-refractivity contribution in [2.24, 2.45) is 0 Å². The number of fused-ring (bicyclic) bond motifs is 1. The fourth-order valence-electron chi connectivity index (χ4n) is 1.62. The highest BCUT2D eigenvalue weighted by Gasteiger charge is 2.16. The maximum atomic E-state index is 11.7. The van der Waals surface area contributed by atoms with Crippen LogP contribution in [0.4, 0.5) is 0 Å². The van der Waals surface area contributed by atoms with E-state index in [0.29, 0.717) is 5.56 Å². The number of aromatic nitrogens is 1. The molecule has 0 bridgehead atoms. The predicted molar refractivity (Wildman–Crippen MR) is 62.3 cm³/mol. The summed E-state index contributed by atoms with van der Waals surface area (Å²) < 4.78 is 22.1. The van der Waals surface area contributed by atoms with Gasteiger partial charge in [0.05, 0.1) is 0 Å². The molecule has 0 radical (unpaired) electrons. The molecule has 2 rings (SSSR count). The van der Waals surface area contributed by atoms with Crippen molar-refractivity contribution in [1.29, 1.82) is 0 Å². The van der Waals surface area contributed by atoms with Crippen LogP contribution in [0, 0.1) is 0 Å². The van der Waals surface area contributed by atoms with E-state index < -0.39 is 15.6 Å². The number of H-pyrrole nitrogens is 1. The molecule has 5 heteroatoms. The number of rotatable bonds is 3. The molecule has 1 aromatic heterocycles. The predicted octanol–water partition coefficient (Wildman–Crippen LogP) is 1.40. The number of benzene rings is 1. The van der Waals surface area contributed by atoms with Crippen LogP contribution in [-0.4, -0.2) is 31.2 Å². The Morgan fingerprint density at radius 2 is 2.00 bits per heavy atom. The van der Waals surface area contributed by atoms with Crippen molar-refractivity contribution >= 4 is 26.5 Å². The van der Waals surface area contributed by atoms with Crippen molar-refractivity contribution in [1.82, 2.24) is 4.98 Å². The molecule has 0 atom stereocenters. The number of carbonyl (C=O) groups excluding carboxylic acids is 1. The number of aromatic amines is 1. The van der Waals surface area contributed by atoms with Crippen LogP contribution in [0.3, 0.4) is 0 Å². The lowest BCUT2D eigenvalue weighted by atomic mass is 10.1. The highest BCUT2D eigenvalue weighted by molar-refractivity contribution is 7.91. The molecule has 16 heavy (non-hydrogen) atoms. The first kappa shape index (κ1) is 10.9. The maximum absolute atomic E-state index is 11.7. The first-order valence-corrected chi connectivity index (χ1v) is 6.80. The second-order valence-corrected chi connectivity index (χ2v) is 5.88. The fraction of sp³-hybridized carbons (Fsp3) is 0.182. The molecule has 0 aliphatic carbocycles. The monoisotopic (exact) mass is 237 g/mol. The van der Waals surface area contributed by atoms with Gasteiger partial charge in [-0.1, -0.05) is 18.2 Å². The standard InChI is InChI=1S/C11H11NO3S/c1-16(14,15)7-11(13)9-6-12-10-5-3-2-4-8(9)10/h2-6,12H,7H2,1H3. The van der Waals surface area contributed by atoms with Crippen LogP contribution < -0.4 is 0 Å². The molecule has 0 fully saturated rings. The minimum absolute atomic E-state index is 0.375. The third-order valence-corrected chi connectivity index (χ3v) is 3.07. The molecular weight excluding hydrogens is 226 g/mol. The van der Waals surface area contributed by atoms with Crippen LogP contribution in [0.1, 0.15) is 10.4 Å². The Labute approximate surface area is 93.2 Å². The summed E-state index contributed by atoms with van der Waals surface area (Å²) >= 11 is 0. The number of hydrogen-bond acceptors (Lipinski definition) is 3. The zero-order valence-electron chi connectivity index (χ0n) is 8.73. The number of ketones is 1. The van der Waals surface area contributed by atoms with Gasteiger partial charge in [-0.05, 0) is 6.07 Å². The molecule has 84 valence electrons. The van der Waals surface area contributed by atoms with Gasteiger partial charge in [0.15, 0.2) is 15.6 Å². The zero-order valence-corrected chi connectivity index (χ0v) is 9.54. The molecule has 1 N–H and O–H groups in total. The number of sulfone groups is 1. The highest BCUT2D eigenvalue weighted by atomic mass is 32.2. The van der Waals surface area contributed by atoms with E-state index in [4.69, 9.17) is 0 Å². The van der Waals surface area contributed by atoms with E-state index in [1.54, 1.807) is 12.3 Å². The zero-order chi connectivity index (χ0) is 11.8. The van der Waals surface area contributed by atoms with Crippen LogP contribution >= 0.6 is 0 Å². The summed E-state index contributed by atoms with van der Waals surface area (Å²) in [5.74, 6) is -0.825. The van der Waals surface area contributed by atoms with E-state index >= 15 is 0 Å². The van der Waals surface area contributed by atoms with E-state index in [2.05, 4.69) is 4.98 Å². The molecule has 1 heterocycles. The van der Waals surface area contributed by atoms with Crippen molar-refractivity contribution in [3.8, 4) is 0 Å². The lowest BCUT2D eigenvalue weighted by Crippen LogP contribution is -2.14. The first-order valence-electron chi connectivity index (χ1n) is 4.74. The Kier molecular flexibility index (Phi) is 2.55. The topological polar surface area (TPSA) is 67.0 Å². The molecule has 0 aliphatic rings. The number of hydrogen-bond donors (Lipinski definition) is 1. The summed E-state index contributed by atoms with van der Waals surface area (Å²) in [4.78, 5) is 14.7. The van der Waals surface area contributed by atoms with Crippen molar-refractivity contribution in [2.45, 2.75) is 0 Å². The van der Waals surface area contributed by atoms with E-state index in [1.165, 1.54) is 0 Å². The number of nitrogens with one attached hydrogen (secondary N) is 1. The summed E-state index contributed by atoms with van der Waals surface area (Å²) in [6.45, 7) is 0. The Bertz CT molecular complexity index is 640. The van der Waals surface area contributed by atoms with Crippen molar-refractivity contribution in [3.05, 3.63) is 36.0 Å². The third kappa shape index (κ3) is 2.14. The van der Waals surface area contributed by atoms with E-state index in [-0.39, 0.29) is 5.78 Å². The average molecular weight is 237 g/mol. The van der Waals surface area contributed by atoms with Crippen LogP contribution in [-0.2, 0) is 9.84 Å². The van der Waals surface area contributed by atoms with Crippen molar-refractivity contribution in [3.63, 3.8) is 0 Å². The van der Waals surface area contributed by atoms with Crippen LogP contribution in [0.15, 0.2) is 30.5 Å². The Hall–Kier alpha value is -1.62. The molecule has 0 saturated carbocycles. The largest absolute Gasteiger partial charge is 0.360 e. The van der Waals surface area contributed by atoms with E-state index in [9.17, 15) is 13.2 Å². The van der Waals surface area contributed by atoms with E-state index in [0.717, 1.165) is 17.2 Å². The molecule has 0 saturated heterocycles. The summed E-state index contributed by atoms with van der Waals surface area (Å²) in [6, 6.07) is 7.30. The number of para-hydroxylation sites is 1. The fourth-order valence-corrected chi connectivity index (χ4v) is 2.25. The second-order valence-electron chi connectivity index (χ2n) is 3.74. The van der Waals surface area contributed by atoms with Gasteiger partial charge < -0.3 is 4.98 Å². The smallest absolute Gasteiger partial charge is 0.179 e. The lowest BCUT2D eigenvalue weighted by Gasteiger charge is -1.97. The lowest BCUT2D eigenvalue weighted by molar-refractivity contribution is 0.102. The molecule has 0 spiro atoms. The molecular formula is C11H11NO3S. The normalized spacial score (nSPS) is 11.8. The molecule has 0 aliphatic heterocycles. The van der Waals surface area contributed by atoms with Crippen LogP contribution in [0.25, 0.3) is 10.9 Å². The van der Waals surface area contributed by atoms with Crippen LogP contribution in [0.2, 0.25) is 0 Å². The SMILES string of the molecule is CS(=O)(=O)CC(=O)c1c[nH]c2ccccc12. The second kappa shape index (κ2) is 3.75. The Morgan fingerprint density at radius 3 is 2.69 bits per heavy atom. The molecule has 0 amide bonds. The minimum atomic E-state index is -3.28. The van der Waals surface area contributed by atoms with Gasteiger partial charge in [-0.15, -0.1) is 0 Å². The van der Waals surface area contributed by atoms with Gasteiger partial charge >= 0.3 is 0 Å². The summed E-state index contributed by atoms with van der Waals surface area (Å²) in [7, 11) is -3.28. The molecule has 4 nitrogen and oxygen atoms in total. The highest BCUT2D eigenvalue weighted by Crippen LogP contribution is 2.18.